The summed E-state index contributed by atoms with van der Waals surface area (Å²) in [5, 5.41) is 8.12. The summed E-state index contributed by atoms with van der Waals surface area (Å²) in [5.41, 5.74) is 15.9. The monoisotopic (exact) mass is 459 g/mol. The van der Waals surface area contributed by atoms with Crippen LogP contribution in [-0.2, 0) is 6.54 Å². The molecule has 0 aliphatic heterocycles. The van der Waals surface area contributed by atoms with E-state index in [4.69, 9.17) is 23.1 Å². The van der Waals surface area contributed by atoms with Crippen molar-refractivity contribution in [2.45, 2.75) is 13.5 Å². The van der Waals surface area contributed by atoms with E-state index < -0.39 is 5.91 Å². The molecule has 0 spiro atoms. The molecule has 0 unspecified atom stereocenters. The van der Waals surface area contributed by atoms with Gasteiger partial charge in [0.15, 0.2) is 0 Å². The van der Waals surface area contributed by atoms with Crippen LogP contribution in [0.15, 0.2) is 78.1 Å². The van der Waals surface area contributed by atoms with E-state index in [1.54, 1.807) is 16.8 Å². The first kappa shape index (κ1) is 22.0. The molecule has 8 nitrogen and oxygen atoms in total. The summed E-state index contributed by atoms with van der Waals surface area (Å²) in [6.07, 6.45) is 4.91. The van der Waals surface area contributed by atoms with E-state index in [1.807, 2.05) is 61.5 Å². The fraction of sp³-hybridized carbons (Fsp3) is 0.0833. The number of anilines is 1. The maximum atomic E-state index is 11.8. The van der Waals surface area contributed by atoms with Crippen LogP contribution in [0, 0.1) is 6.92 Å². The standard InChI is InChI=1S/C24H22ClN7O/c1-15-4-2-7-23(30-15)31-20(12-22(26)28-13-16-5-3-6-18(25)10-16)17-8-9-32-21(11-17)19(14-29-32)24(27)33/h2-12,14H,13H2,1H3,(H2,26,28)(H2,27,33)(H,30,31)/b20-12-. The fourth-order valence-electron chi connectivity index (χ4n) is 3.29. The molecule has 1 amide bonds. The Morgan fingerprint density at radius 1 is 1.18 bits per heavy atom. The molecule has 4 aromatic rings. The molecular formula is C24H22ClN7O. The van der Waals surface area contributed by atoms with Crippen LogP contribution in [0.3, 0.4) is 0 Å². The normalized spacial score (nSPS) is 12.2. The van der Waals surface area contributed by atoms with Crippen molar-refractivity contribution in [1.29, 1.82) is 0 Å². The van der Waals surface area contributed by atoms with E-state index in [0.717, 1.165) is 16.8 Å². The number of aryl methyl sites for hydroxylation is 1. The van der Waals surface area contributed by atoms with Gasteiger partial charge in [-0.05, 0) is 48.9 Å². The second-order valence-corrected chi connectivity index (χ2v) is 7.82. The van der Waals surface area contributed by atoms with Crippen LogP contribution in [0.2, 0.25) is 5.02 Å². The number of amides is 1. The molecule has 0 aliphatic rings. The number of nitrogens with one attached hydrogen (secondary N) is 1. The van der Waals surface area contributed by atoms with E-state index in [1.165, 1.54) is 6.20 Å². The third kappa shape index (κ3) is 5.36. The van der Waals surface area contributed by atoms with E-state index in [2.05, 4.69) is 20.4 Å². The minimum absolute atomic E-state index is 0.314. The summed E-state index contributed by atoms with van der Waals surface area (Å²) < 4.78 is 1.59. The lowest BCUT2D eigenvalue weighted by Gasteiger charge is -2.12. The zero-order valence-electron chi connectivity index (χ0n) is 17.9. The van der Waals surface area contributed by atoms with Gasteiger partial charge in [0.2, 0.25) is 0 Å². The molecule has 0 radical (unpaired) electrons. The van der Waals surface area contributed by atoms with Crippen LogP contribution in [-0.4, -0.2) is 26.3 Å². The Bertz CT molecular complexity index is 1390. The highest BCUT2D eigenvalue weighted by atomic mass is 35.5. The quantitative estimate of drug-likeness (QED) is 0.286. The Morgan fingerprint density at radius 3 is 2.76 bits per heavy atom. The van der Waals surface area contributed by atoms with E-state index in [9.17, 15) is 4.79 Å². The summed E-state index contributed by atoms with van der Waals surface area (Å²) in [5.74, 6) is 0.407. The van der Waals surface area contributed by atoms with Crippen molar-refractivity contribution in [3.63, 3.8) is 0 Å². The van der Waals surface area contributed by atoms with Gasteiger partial charge in [0.25, 0.3) is 5.91 Å². The number of fused-ring (bicyclic) bond motifs is 1. The Labute approximate surface area is 195 Å². The number of hydrogen-bond acceptors (Lipinski definition) is 5. The molecule has 0 bridgehead atoms. The number of nitrogens with two attached hydrogens (primary N) is 2. The molecule has 33 heavy (non-hydrogen) atoms. The van der Waals surface area contributed by atoms with Gasteiger partial charge in [0.1, 0.15) is 11.7 Å². The molecule has 0 saturated heterocycles. The summed E-state index contributed by atoms with van der Waals surface area (Å²) in [4.78, 5) is 20.8. The number of carbonyl (C=O) groups excluding carboxylic acids is 1. The van der Waals surface area contributed by atoms with E-state index in [0.29, 0.717) is 40.0 Å². The lowest BCUT2D eigenvalue weighted by Crippen LogP contribution is -2.13. The van der Waals surface area contributed by atoms with Gasteiger partial charge in [-0.2, -0.15) is 5.10 Å². The van der Waals surface area contributed by atoms with Crippen LogP contribution >= 0.6 is 11.6 Å². The minimum Gasteiger partial charge on any atom is -0.384 e. The average molecular weight is 460 g/mol. The summed E-state index contributed by atoms with van der Waals surface area (Å²) >= 11 is 6.05. The van der Waals surface area contributed by atoms with Gasteiger partial charge in [-0.1, -0.05) is 29.8 Å². The lowest BCUT2D eigenvalue weighted by atomic mass is 10.1. The number of nitrogens with zero attached hydrogens (tertiary/aromatic N) is 4. The van der Waals surface area contributed by atoms with Crippen molar-refractivity contribution in [1.82, 2.24) is 14.6 Å². The van der Waals surface area contributed by atoms with Crippen molar-refractivity contribution < 1.29 is 4.79 Å². The molecule has 9 heteroatoms. The minimum atomic E-state index is -0.552. The summed E-state index contributed by atoms with van der Waals surface area (Å²) in [6, 6.07) is 16.8. The number of pyridine rings is 2. The number of aliphatic imine (C=N–C) groups is 1. The van der Waals surface area contributed by atoms with Gasteiger partial charge in [-0.25, -0.2) is 9.50 Å². The van der Waals surface area contributed by atoms with Crippen molar-refractivity contribution >= 4 is 40.4 Å². The predicted octanol–water partition coefficient (Wildman–Crippen LogP) is 3.80. The summed E-state index contributed by atoms with van der Waals surface area (Å²) in [6.45, 7) is 2.29. The first-order valence-corrected chi connectivity index (χ1v) is 10.5. The average Bonchev–Trinajstić information content (AvgIpc) is 3.21. The molecule has 3 heterocycles. The van der Waals surface area contributed by atoms with Crippen LogP contribution in [0.25, 0.3) is 11.2 Å². The molecule has 0 fully saturated rings. The third-order valence-electron chi connectivity index (χ3n) is 4.87. The second-order valence-electron chi connectivity index (χ2n) is 7.39. The molecule has 0 atom stereocenters. The maximum absolute atomic E-state index is 11.8. The van der Waals surface area contributed by atoms with Gasteiger partial charge < -0.3 is 16.8 Å². The SMILES string of the molecule is Cc1cccc(N/C(=C\C(N)=NCc2cccc(Cl)c2)c2ccn3ncc(C(N)=O)c3c2)n1. The number of halogens is 1. The maximum Gasteiger partial charge on any atom is 0.252 e. The Balaban J connectivity index is 1.72. The van der Waals surface area contributed by atoms with Gasteiger partial charge in [-0.15, -0.1) is 0 Å². The fourth-order valence-corrected chi connectivity index (χ4v) is 3.50. The van der Waals surface area contributed by atoms with Crippen LogP contribution < -0.4 is 16.8 Å². The molecule has 0 saturated carbocycles. The molecule has 1 aromatic carbocycles. The zero-order chi connectivity index (χ0) is 23.4. The highest BCUT2D eigenvalue weighted by molar-refractivity contribution is 6.30. The first-order chi connectivity index (χ1) is 15.9. The van der Waals surface area contributed by atoms with E-state index in [-0.39, 0.29) is 0 Å². The number of benzene rings is 1. The van der Waals surface area contributed by atoms with E-state index >= 15 is 0 Å². The van der Waals surface area contributed by atoms with Crippen molar-refractivity contribution in [2.75, 3.05) is 5.32 Å². The van der Waals surface area contributed by atoms with Gasteiger partial charge in [0.05, 0.1) is 29.5 Å². The molecule has 4 rings (SSSR count). The number of aromatic nitrogens is 3. The van der Waals surface area contributed by atoms with Crippen molar-refractivity contribution in [3.8, 4) is 0 Å². The number of amidine groups is 1. The Kier molecular flexibility index (Phi) is 6.37. The van der Waals surface area contributed by atoms with Crippen LogP contribution in [0.1, 0.15) is 27.2 Å². The van der Waals surface area contributed by atoms with Gasteiger partial charge in [0, 0.05) is 28.6 Å². The Morgan fingerprint density at radius 2 is 2.00 bits per heavy atom. The highest BCUT2D eigenvalue weighted by Crippen LogP contribution is 2.21. The number of rotatable bonds is 7. The molecular weight excluding hydrogens is 438 g/mol. The Hall–Kier alpha value is -4.17. The first-order valence-electron chi connectivity index (χ1n) is 10.1. The number of hydrogen-bond donors (Lipinski definition) is 3. The van der Waals surface area contributed by atoms with Gasteiger partial charge >= 0.3 is 0 Å². The smallest absolute Gasteiger partial charge is 0.252 e. The predicted molar refractivity (Wildman–Crippen MR) is 131 cm³/mol. The van der Waals surface area contributed by atoms with Gasteiger partial charge in [-0.3, -0.25) is 9.79 Å². The van der Waals surface area contributed by atoms with Crippen molar-refractivity contribution in [3.05, 3.63) is 100 Å². The summed E-state index contributed by atoms with van der Waals surface area (Å²) in [7, 11) is 0. The molecule has 166 valence electrons. The number of primary amides is 1. The highest BCUT2D eigenvalue weighted by Gasteiger charge is 2.12. The van der Waals surface area contributed by atoms with Crippen LogP contribution in [0.5, 0.6) is 0 Å². The molecule has 5 N–H and O–H groups in total. The zero-order valence-corrected chi connectivity index (χ0v) is 18.6. The molecule has 0 aliphatic carbocycles. The second kappa shape index (κ2) is 9.54. The lowest BCUT2D eigenvalue weighted by molar-refractivity contribution is 0.100. The van der Waals surface area contributed by atoms with Crippen molar-refractivity contribution in [2.24, 2.45) is 16.5 Å². The molecule has 3 aromatic heterocycles. The topological polar surface area (TPSA) is 124 Å². The number of carbonyl (C=O) groups is 1. The third-order valence-corrected chi connectivity index (χ3v) is 5.11. The largest absolute Gasteiger partial charge is 0.384 e. The van der Waals surface area contributed by atoms with Crippen LogP contribution in [0.4, 0.5) is 5.82 Å².